The molecule has 0 unspecified atom stereocenters. The van der Waals surface area contributed by atoms with E-state index in [1.807, 2.05) is 0 Å². The van der Waals surface area contributed by atoms with E-state index in [0.29, 0.717) is 0 Å². The number of hydrogen-bond acceptors (Lipinski definition) is 5. The van der Waals surface area contributed by atoms with Crippen molar-refractivity contribution < 1.29 is 19.2 Å². The predicted octanol–water partition coefficient (Wildman–Crippen LogP) is 2.05. The number of nitrogens with zero attached hydrogens (tertiary/aromatic N) is 1. The third-order valence-electron chi connectivity index (χ3n) is 3.61. The molecule has 0 radical (unpaired) electrons. The van der Waals surface area contributed by atoms with Gasteiger partial charge in [0.2, 0.25) is 0 Å². The topological polar surface area (TPSA) is 111 Å². The number of carbonyl (C=O) groups excluding carboxylic acids is 2. The van der Waals surface area contributed by atoms with Gasteiger partial charge in [0.05, 0.1) is 4.92 Å². The van der Waals surface area contributed by atoms with Crippen molar-refractivity contribution in [3.8, 4) is 5.75 Å². The third-order valence-corrected chi connectivity index (χ3v) is 3.61. The Morgan fingerprint density at radius 3 is 2.70 bits per heavy atom. The number of rotatable bonds is 5. The van der Waals surface area contributed by atoms with Crippen molar-refractivity contribution >= 4 is 17.6 Å². The molecule has 0 spiro atoms. The van der Waals surface area contributed by atoms with Crippen LogP contribution >= 0.6 is 0 Å². The summed E-state index contributed by atoms with van der Waals surface area (Å²) in [6.45, 7) is 1.29. The summed E-state index contributed by atoms with van der Waals surface area (Å²) in [7, 11) is 0. The average Bonchev–Trinajstić information content (AvgIpc) is 2.97. The van der Waals surface area contributed by atoms with Crippen LogP contribution in [0.15, 0.2) is 18.2 Å². The number of benzene rings is 1. The predicted molar refractivity (Wildman–Crippen MR) is 82.3 cm³/mol. The smallest absolute Gasteiger partial charge is 0.321 e. The Labute approximate surface area is 133 Å². The Balaban J connectivity index is 1.85. The monoisotopic (exact) mass is 321 g/mol. The van der Waals surface area contributed by atoms with Gasteiger partial charge in [0.1, 0.15) is 0 Å². The number of nitro groups is 1. The van der Waals surface area contributed by atoms with Gasteiger partial charge in [-0.05, 0) is 31.4 Å². The highest BCUT2D eigenvalue weighted by atomic mass is 16.6. The Morgan fingerprint density at radius 2 is 2.04 bits per heavy atom. The molecule has 3 amide bonds. The molecule has 0 heterocycles. The van der Waals surface area contributed by atoms with Gasteiger partial charge < -0.3 is 10.1 Å². The van der Waals surface area contributed by atoms with Crippen LogP contribution in [0.3, 0.4) is 0 Å². The van der Waals surface area contributed by atoms with E-state index in [1.165, 1.54) is 12.1 Å². The van der Waals surface area contributed by atoms with Crippen molar-refractivity contribution in [3.63, 3.8) is 0 Å². The van der Waals surface area contributed by atoms with Gasteiger partial charge in [-0.15, -0.1) is 0 Å². The number of aryl methyl sites for hydroxylation is 1. The molecule has 2 N–H and O–H groups in total. The Kier molecular flexibility index (Phi) is 5.51. The molecule has 1 aromatic carbocycles. The minimum Gasteiger partial charge on any atom is -0.477 e. The van der Waals surface area contributed by atoms with Crippen molar-refractivity contribution in [3.05, 3.63) is 33.9 Å². The number of ether oxygens (including phenoxy) is 1. The zero-order valence-corrected chi connectivity index (χ0v) is 12.8. The van der Waals surface area contributed by atoms with Crippen LogP contribution < -0.4 is 15.4 Å². The van der Waals surface area contributed by atoms with Crippen LogP contribution in [0.5, 0.6) is 5.75 Å². The van der Waals surface area contributed by atoms with Crippen LogP contribution in [-0.2, 0) is 4.79 Å². The lowest BCUT2D eigenvalue weighted by Gasteiger charge is -2.12. The van der Waals surface area contributed by atoms with E-state index in [9.17, 15) is 19.7 Å². The molecule has 1 saturated carbocycles. The molecule has 23 heavy (non-hydrogen) atoms. The number of amides is 3. The number of carbonyl (C=O) groups is 2. The fraction of sp³-hybridized carbons (Fsp3) is 0.467. The molecule has 0 atom stereocenters. The van der Waals surface area contributed by atoms with E-state index in [-0.39, 0.29) is 17.5 Å². The third kappa shape index (κ3) is 4.94. The first-order valence-electron chi connectivity index (χ1n) is 7.44. The van der Waals surface area contributed by atoms with E-state index in [1.54, 1.807) is 13.0 Å². The van der Waals surface area contributed by atoms with Gasteiger partial charge in [-0.2, -0.15) is 0 Å². The first-order chi connectivity index (χ1) is 11.0. The zero-order valence-electron chi connectivity index (χ0n) is 12.8. The summed E-state index contributed by atoms with van der Waals surface area (Å²) in [5, 5.41) is 15.8. The fourth-order valence-corrected chi connectivity index (χ4v) is 2.49. The normalized spacial score (nSPS) is 14.3. The van der Waals surface area contributed by atoms with Gasteiger partial charge >= 0.3 is 11.7 Å². The number of nitrogens with one attached hydrogen (secondary N) is 2. The molecular weight excluding hydrogens is 302 g/mol. The average molecular weight is 321 g/mol. The first-order valence-corrected chi connectivity index (χ1v) is 7.44. The molecule has 1 aliphatic rings. The van der Waals surface area contributed by atoms with Crippen molar-refractivity contribution in [2.75, 3.05) is 6.61 Å². The second-order valence-electron chi connectivity index (χ2n) is 5.52. The van der Waals surface area contributed by atoms with Crippen LogP contribution in [0.25, 0.3) is 0 Å². The number of hydrogen-bond donors (Lipinski definition) is 2. The van der Waals surface area contributed by atoms with Gasteiger partial charge in [0.25, 0.3) is 5.91 Å². The quantitative estimate of drug-likeness (QED) is 0.637. The highest BCUT2D eigenvalue weighted by Gasteiger charge is 2.19. The zero-order chi connectivity index (χ0) is 16.8. The van der Waals surface area contributed by atoms with Crippen molar-refractivity contribution in [1.82, 2.24) is 10.6 Å². The molecular formula is C15H19N3O5. The maximum absolute atomic E-state index is 11.7. The van der Waals surface area contributed by atoms with Gasteiger partial charge in [0.15, 0.2) is 12.4 Å². The standard InChI is InChI=1S/C15H19N3O5/c1-10-6-7-12(18(21)22)13(8-10)23-9-14(19)17-15(20)16-11-4-2-3-5-11/h6-8,11H,2-5,9H2,1H3,(H2,16,17,19,20). The molecule has 8 nitrogen and oxygen atoms in total. The fourth-order valence-electron chi connectivity index (χ4n) is 2.49. The van der Waals surface area contributed by atoms with Crippen molar-refractivity contribution in [1.29, 1.82) is 0 Å². The maximum Gasteiger partial charge on any atom is 0.321 e. The first kappa shape index (κ1) is 16.7. The lowest BCUT2D eigenvalue weighted by atomic mass is 10.2. The van der Waals surface area contributed by atoms with Crippen LogP contribution in [0, 0.1) is 17.0 Å². The lowest BCUT2D eigenvalue weighted by molar-refractivity contribution is -0.385. The molecule has 1 fully saturated rings. The SMILES string of the molecule is Cc1ccc([N+](=O)[O-])c(OCC(=O)NC(=O)NC2CCCC2)c1. The second kappa shape index (κ2) is 7.57. The Morgan fingerprint density at radius 1 is 1.35 bits per heavy atom. The molecule has 0 aliphatic heterocycles. The molecule has 0 bridgehead atoms. The molecule has 8 heteroatoms. The molecule has 124 valence electrons. The van der Waals surface area contributed by atoms with Crippen molar-refractivity contribution in [2.24, 2.45) is 0 Å². The van der Waals surface area contributed by atoms with Gasteiger partial charge in [0, 0.05) is 12.1 Å². The summed E-state index contributed by atoms with van der Waals surface area (Å²) < 4.78 is 5.18. The molecule has 2 rings (SSSR count). The Bertz CT molecular complexity index is 611. The van der Waals surface area contributed by atoms with Crippen molar-refractivity contribution in [2.45, 2.75) is 38.6 Å². The summed E-state index contributed by atoms with van der Waals surface area (Å²) in [4.78, 5) is 33.7. The van der Waals surface area contributed by atoms with Gasteiger partial charge in [-0.3, -0.25) is 20.2 Å². The van der Waals surface area contributed by atoms with Crippen LogP contribution in [0.2, 0.25) is 0 Å². The van der Waals surface area contributed by atoms with E-state index in [2.05, 4.69) is 10.6 Å². The summed E-state index contributed by atoms with van der Waals surface area (Å²) in [5.41, 5.74) is 0.545. The Hall–Kier alpha value is -2.64. The molecule has 1 aliphatic carbocycles. The van der Waals surface area contributed by atoms with Gasteiger partial charge in [-0.25, -0.2) is 4.79 Å². The van der Waals surface area contributed by atoms with E-state index in [0.717, 1.165) is 31.2 Å². The molecule has 1 aromatic rings. The maximum atomic E-state index is 11.7. The van der Waals surface area contributed by atoms with Gasteiger partial charge in [-0.1, -0.05) is 18.9 Å². The number of nitro benzene ring substituents is 1. The molecule has 0 aromatic heterocycles. The highest BCUT2D eigenvalue weighted by Crippen LogP contribution is 2.27. The molecule has 0 saturated heterocycles. The number of urea groups is 1. The summed E-state index contributed by atoms with van der Waals surface area (Å²) in [6.07, 6.45) is 3.96. The minimum atomic E-state index is -0.656. The second-order valence-corrected chi connectivity index (χ2v) is 5.52. The minimum absolute atomic E-state index is 0.00125. The highest BCUT2D eigenvalue weighted by molar-refractivity contribution is 5.95. The van der Waals surface area contributed by atoms with E-state index < -0.39 is 23.5 Å². The van der Waals surface area contributed by atoms with Crippen LogP contribution in [0.1, 0.15) is 31.2 Å². The van der Waals surface area contributed by atoms with E-state index >= 15 is 0 Å². The van der Waals surface area contributed by atoms with Crippen LogP contribution in [-0.4, -0.2) is 29.5 Å². The van der Waals surface area contributed by atoms with Crippen LogP contribution in [0.4, 0.5) is 10.5 Å². The lowest BCUT2D eigenvalue weighted by Crippen LogP contribution is -2.45. The number of imide groups is 1. The summed E-state index contributed by atoms with van der Waals surface area (Å²) in [6, 6.07) is 3.91. The largest absolute Gasteiger partial charge is 0.477 e. The summed E-state index contributed by atoms with van der Waals surface area (Å²) in [5.74, 6) is -0.655. The summed E-state index contributed by atoms with van der Waals surface area (Å²) >= 11 is 0. The van der Waals surface area contributed by atoms with E-state index in [4.69, 9.17) is 4.74 Å².